The maximum absolute atomic E-state index is 11.0. The van der Waals surface area contributed by atoms with Gasteiger partial charge in [0.1, 0.15) is 12.2 Å². The molecule has 0 unspecified atom stereocenters. The van der Waals surface area contributed by atoms with Crippen LogP contribution in [0.3, 0.4) is 0 Å². The summed E-state index contributed by atoms with van der Waals surface area (Å²) < 4.78 is 5.28. The Hall–Kier alpha value is -2.31. The molecule has 1 aromatic carbocycles. The van der Waals surface area contributed by atoms with Crippen molar-refractivity contribution in [3.8, 4) is 5.75 Å². The molecule has 0 spiro atoms. The van der Waals surface area contributed by atoms with Crippen LogP contribution in [0, 0.1) is 10.1 Å². The van der Waals surface area contributed by atoms with Gasteiger partial charge in [-0.1, -0.05) is 0 Å². The van der Waals surface area contributed by atoms with Gasteiger partial charge in [-0.25, -0.2) is 4.79 Å². The Labute approximate surface area is 96.4 Å². The van der Waals surface area contributed by atoms with Crippen LogP contribution < -0.4 is 9.64 Å². The molecule has 17 heavy (non-hydrogen) atoms. The van der Waals surface area contributed by atoms with Crippen molar-refractivity contribution in [2.75, 3.05) is 25.1 Å². The molecule has 1 aliphatic rings. The van der Waals surface area contributed by atoms with Crippen molar-refractivity contribution < 1.29 is 19.6 Å². The molecule has 1 aliphatic heterocycles. The monoisotopic (exact) mass is 238 g/mol. The number of hydrogen-bond acceptors (Lipinski definition) is 5. The number of rotatable bonds is 2. The zero-order valence-corrected chi connectivity index (χ0v) is 9.04. The van der Waals surface area contributed by atoms with Crippen LogP contribution in [-0.4, -0.2) is 36.2 Å². The summed E-state index contributed by atoms with van der Waals surface area (Å²) in [5.74, 6) is -1.04. The highest BCUT2D eigenvalue weighted by atomic mass is 16.6. The van der Waals surface area contributed by atoms with Crippen LogP contribution in [0.1, 0.15) is 10.4 Å². The molecule has 1 N–H and O–H groups in total. The Balaban J connectivity index is 2.66. The third-order valence-electron chi connectivity index (χ3n) is 2.58. The van der Waals surface area contributed by atoms with E-state index in [4.69, 9.17) is 9.84 Å². The van der Waals surface area contributed by atoms with Crippen molar-refractivity contribution in [1.82, 2.24) is 0 Å². The van der Waals surface area contributed by atoms with Gasteiger partial charge >= 0.3 is 5.97 Å². The maximum atomic E-state index is 11.0. The second-order valence-corrected chi connectivity index (χ2v) is 3.67. The van der Waals surface area contributed by atoms with Gasteiger partial charge in [0.25, 0.3) is 5.69 Å². The normalized spacial score (nSPS) is 13.8. The van der Waals surface area contributed by atoms with E-state index in [-0.39, 0.29) is 17.0 Å². The third kappa shape index (κ3) is 1.86. The van der Waals surface area contributed by atoms with E-state index in [1.54, 1.807) is 11.9 Å². The smallest absolute Gasteiger partial charge is 0.339 e. The topological polar surface area (TPSA) is 92.9 Å². The number of ether oxygens (including phenoxy) is 1. The van der Waals surface area contributed by atoms with Gasteiger partial charge in [0, 0.05) is 19.2 Å². The lowest BCUT2D eigenvalue weighted by Crippen LogP contribution is -2.29. The second kappa shape index (κ2) is 3.93. The predicted octanol–water partition coefficient (Wildman–Crippen LogP) is 1.12. The molecular weight excluding hydrogens is 228 g/mol. The molecule has 0 saturated carbocycles. The molecule has 0 aromatic heterocycles. The number of carboxylic acid groups (broad SMARTS) is 1. The molecular formula is C10H10N2O5. The number of benzene rings is 1. The van der Waals surface area contributed by atoms with Crippen LogP contribution in [0.25, 0.3) is 0 Å². The first kappa shape index (κ1) is 11.2. The molecule has 2 rings (SSSR count). The average molecular weight is 238 g/mol. The number of anilines is 1. The third-order valence-corrected chi connectivity index (χ3v) is 2.58. The zero-order valence-electron chi connectivity index (χ0n) is 9.04. The lowest BCUT2D eigenvalue weighted by Gasteiger charge is -2.28. The van der Waals surface area contributed by atoms with Crippen LogP contribution in [0.4, 0.5) is 11.4 Å². The predicted molar refractivity (Wildman–Crippen MR) is 58.8 cm³/mol. The van der Waals surface area contributed by atoms with Gasteiger partial charge < -0.3 is 14.7 Å². The van der Waals surface area contributed by atoms with Crippen molar-refractivity contribution in [2.24, 2.45) is 0 Å². The summed E-state index contributed by atoms with van der Waals surface area (Å²) in [5, 5.41) is 19.7. The van der Waals surface area contributed by atoms with E-state index >= 15 is 0 Å². The Morgan fingerprint density at radius 3 is 2.88 bits per heavy atom. The van der Waals surface area contributed by atoms with E-state index in [2.05, 4.69) is 0 Å². The lowest BCUT2D eigenvalue weighted by atomic mass is 10.1. The maximum Gasteiger partial charge on any atom is 0.339 e. The Morgan fingerprint density at radius 2 is 2.29 bits per heavy atom. The summed E-state index contributed by atoms with van der Waals surface area (Å²) in [7, 11) is 1.73. The van der Waals surface area contributed by atoms with Crippen molar-refractivity contribution in [3.63, 3.8) is 0 Å². The first-order valence-electron chi connectivity index (χ1n) is 4.90. The van der Waals surface area contributed by atoms with Gasteiger partial charge in [-0.05, 0) is 0 Å². The van der Waals surface area contributed by atoms with Gasteiger partial charge in [0.05, 0.1) is 17.2 Å². The van der Waals surface area contributed by atoms with Gasteiger partial charge in [0.2, 0.25) is 0 Å². The highest BCUT2D eigenvalue weighted by Crippen LogP contribution is 2.37. The molecule has 0 bridgehead atoms. The number of nitro groups is 1. The van der Waals surface area contributed by atoms with Gasteiger partial charge in [-0.2, -0.15) is 0 Å². The van der Waals surface area contributed by atoms with E-state index in [1.807, 2.05) is 0 Å². The summed E-state index contributed by atoms with van der Waals surface area (Å²) in [6, 6.07) is 2.33. The molecule has 90 valence electrons. The number of carbonyl (C=O) groups is 1. The number of carboxylic acids is 1. The first-order valence-corrected chi connectivity index (χ1v) is 4.90. The van der Waals surface area contributed by atoms with Crippen LogP contribution in [0.15, 0.2) is 12.1 Å². The SMILES string of the molecule is CN1CCOc2c(C(=O)O)cc([N+](=O)[O-])cc21. The summed E-state index contributed by atoms with van der Waals surface area (Å²) in [4.78, 5) is 22.9. The van der Waals surface area contributed by atoms with Crippen molar-refractivity contribution >= 4 is 17.3 Å². The molecule has 0 saturated heterocycles. The molecule has 0 fully saturated rings. The number of fused-ring (bicyclic) bond motifs is 1. The molecule has 7 heteroatoms. The Kier molecular flexibility index (Phi) is 2.58. The molecule has 0 atom stereocenters. The lowest BCUT2D eigenvalue weighted by molar-refractivity contribution is -0.384. The fourth-order valence-corrected chi connectivity index (χ4v) is 1.70. The Morgan fingerprint density at radius 1 is 1.59 bits per heavy atom. The zero-order chi connectivity index (χ0) is 12.6. The number of nitro benzene ring substituents is 1. The van der Waals surface area contributed by atoms with E-state index in [0.29, 0.717) is 18.8 Å². The average Bonchev–Trinajstić information content (AvgIpc) is 2.28. The summed E-state index contributed by atoms with van der Waals surface area (Å²) in [6.07, 6.45) is 0. The molecule has 0 radical (unpaired) electrons. The molecule has 7 nitrogen and oxygen atoms in total. The molecule has 1 heterocycles. The number of aromatic carboxylic acids is 1. The van der Waals surface area contributed by atoms with Crippen molar-refractivity contribution in [3.05, 3.63) is 27.8 Å². The van der Waals surface area contributed by atoms with Crippen LogP contribution in [0.2, 0.25) is 0 Å². The molecule has 0 aliphatic carbocycles. The summed E-state index contributed by atoms with van der Waals surface area (Å²) >= 11 is 0. The minimum Gasteiger partial charge on any atom is -0.489 e. The minimum atomic E-state index is -1.24. The highest BCUT2D eigenvalue weighted by molar-refractivity contribution is 5.95. The summed E-state index contributed by atoms with van der Waals surface area (Å²) in [6.45, 7) is 0.925. The number of hydrogen-bond donors (Lipinski definition) is 1. The largest absolute Gasteiger partial charge is 0.489 e. The van der Waals surface area contributed by atoms with Crippen molar-refractivity contribution in [1.29, 1.82) is 0 Å². The van der Waals surface area contributed by atoms with E-state index in [9.17, 15) is 14.9 Å². The van der Waals surface area contributed by atoms with E-state index in [1.165, 1.54) is 6.07 Å². The fraction of sp³-hybridized carbons (Fsp3) is 0.300. The van der Waals surface area contributed by atoms with E-state index < -0.39 is 10.9 Å². The van der Waals surface area contributed by atoms with Gasteiger partial charge in [-0.15, -0.1) is 0 Å². The fourth-order valence-electron chi connectivity index (χ4n) is 1.70. The first-order chi connectivity index (χ1) is 8.00. The van der Waals surface area contributed by atoms with Gasteiger partial charge in [-0.3, -0.25) is 10.1 Å². The number of nitrogens with zero attached hydrogens (tertiary/aromatic N) is 2. The second-order valence-electron chi connectivity index (χ2n) is 3.67. The summed E-state index contributed by atoms with van der Waals surface area (Å²) in [5.41, 5.74) is 0.00194. The van der Waals surface area contributed by atoms with Crippen LogP contribution >= 0.6 is 0 Å². The standard InChI is InChI=1S/C10H10N2O5/c1-11-2-3-17-9-7(10(13)14)4-6(12(15)16)5-8(9)11/h4-5H,2-3H2,1H3,(H,13,14). The minimum absolute atomic E-state index is 0.180. The van der Waals surface area contributed by atoms with Crippen molar-refractivity contribution in [2.45, 2.75) is 0 Å². The Bertz CT molecular complexity index is 500. The molecule has 0 amide bonds. The molecule has 1 aromatic rings. The number of non-ortho nitro benzene ring substituents is 1. The van der Waals surface area contributed by atoms with Crippen LogP contribution in [-0.2, 0) is 0 Å². The quantitative estimate of drug-likeness (QED) is 0.613. The highest BCUT2D eigenvalue weighted by Gasteiger charge is 2.26. The van der Waals surface area contributed by atoms with Gasteiger partial charge in [0.15, 0.2) is 5.75 Å². The number of likely N-dealkylation sites (N-methyl/N-ethyl adjacent to an activating group) is 1. The van der Waals surface area contributed by atoms with Crippen LogP contribution in [0.5, 0.6) is 5.75 Å². The van der Waals surface area contributed by atoms with E-state index in [0.717, 1.165) is 6.07 Å².